The Balaban J connectivity index is 1.35. The van der Waals surface area contributed by atoms with Gasteiger partial charge in [-0.1, -0.05) is 48.5 Å². The smallest absolute Gasteiger partial charge is 0.333 e. The lowest BCUT2D eigenvalue weighted by Gasteiger charge is -2.24. The first-order chi connectivity index (χ1) is 22.2. The molecule has 6 aromatic rings. The Labute approximate surface area is 263 Å². The maximum Gasteiger partial charge on any atom is 0.333 e. The summed E-state index contributed by atoms with van der Waals surface area (Å²) in [4.78, 5) is 36.3. The van der Waals surface area contributed by atoms with Crippen molar-refractivity contribution in [3.8, 4) is 17.5 Å². The number of rotatable bonds is 9. The number of amides is 1. The number of hydrogen-bond donors (Lipinski definition) is 2. The first-order valence-electron chi connectivity index (χ1n) is 14.1. The summed E-state index contributed by atoms with van der Waals surface area (Å²) < 4.78 is 35.3. The highest BCUT2D eigenvalue weighted by Crippen LogP contribution is 2.33. The molecule has 0 aliphatic rings. The number of carbonyl (C=O) groups excluding carboxylic acids is 2. The zero-order valence-electron chi connectivity index (χ0n) is 24.4. The summed E-state index contributed by atoms with van der Waals surface area (Å²) in [7, 11) is -2.99. The van der Waals surface area contributed by atoms with Gasteiger partial charge in [-0.25, -0.2) is 18.2 Å². The Kier molecular flexibility index (Phi) is 8.03. The number of anilines is 1. The molecule has 2 heterocycles. The number of sulfonamides is 1. The predicted octanol–water partition coefficient (Wildman–Crippen LogP) is 5.23. The first kappa shape index (κ1) is 30.2. The van der Waals surface area contributed by atoms with Gasteiger partial charge in [0.2, 0.25) is 11.8 Å². The van der Waals surface area contributed by atoms with E-state index < -0.39 is 33.7 Å². The van der Waals surface area contributed by atoms with Crippen molar-refractivity contribution in [3.63, 3.8) is 0 Å². The normalized spacial score (nSPS) is 11.4. The Morgan fingerprint density at radius 2 is 1.35 bits per heavy atom. The fourth-order valence-corrected chi connectivity index (χ4v) is 6.48. The van der Waals surface area contributed by atoms with Crippen LogP contribution in [0.1, 0.15) is 22.3 Å². The minimum absolute atomic E-state index is 0.110. The van der Waals surface area contributed by atoms with Crippen LogP contribution < -0.4 is 13.9 Å². The number of aromatic hydroxyl groups is 2. The van der Waals surface area contributed by atoms with Crippen LogP contribution in [0.4, 0.5) is 5.69 Å². The Morgan fingerprint density at radius 3 is 1.91 bits per heavy atom. The third-order valence-electron chi connectivity index (χ3n) is 7.36. The minimum Gasteiger partial charge on any atom is -0.497 e. The molecule has 232 valence electrons. The quantitative estimate of drug-likeness (QED) is 0.203. The standard InChI is InChI=1S/C34H27N3O8S/c1-44-24-15-13-23(14-16-24)37(34(41)33-26-6-2-4-8-28(26)35-29-9-5-3-7-27(29)33)46(42,43)25-17-10-22(11-18-25)12-21-32(40)45-36-30(38)19-20-31(36)39/h2-11,13-20,38-39H,12,21H2,1H3. The lowest BCUT2D eigenvalue weighted by Crippen LogP contribution is -2.37. The molecule has 0 atom stereocenters. The topological polar surface area (TPSA) is 148 Å². The average molecular weight is 638 g/mol. The van der Waals surface area contributed by atoms with E-state index in [4.69, 9.17) is 9.57 Å². The Morgan fingerprint density at radius 1 is 0.783 bits per heavy atom. The van der Waals surface area contributed by atoms with Gasteiger partial charge in [0.15, 0.2) is 0 Å². The summed E-state index contributed by atoms with van der Waals surface area (Å²) in [5, 5.41) is 20.4. The monoisotopic (exact) mass is 637 g/mol. The number of ether oxygens (including phenoxy) is 1. The van der Waals surface area contributed by atoms with Crippen LogP contribution in [0.2, 0.25) is 0 Å². The SMILES string of the molecule is COc1ccc(N(C(=O)c2c3ccccc3nc3ccccc23)S(=O)(=O)c2ccc(CCC(=O)On3c(O)ccc3O)cc2)cc1. The van der Waals surface area contributed by atoms with E-state index in [1.165, 1.54) is 43.5 Å². The van der Waals surface area contributed by atoms with Crippen molar-refractivity contribution < 1.29 is 37.8 Å². The molecule has 2 N–H and O–H groups in total. The van der Waals surface area contributed by atoms with Gasteiger partial charge >= 0.3 is 5.97 Å². The molecule has 0 aliphatic heterocycles. The van der Waals surface area contributed by atoms with E-state index in [0.717, 1.165) is 4.31 Å². The second-order valence-corrected chi connectivity index (χ2v) is 12.0. The molecule has 0 unspecified atom stereocenters. The summed E-state index contributed by atoms with van der Waals surface area (Å²) in [6.07, 6.45) is 0.0554. The number of aryl methyl sites for hydroxylation is 1. The van der Waals surface area contributed by atoms with Crippen LogP contribution in [0.15, 0.2) is 114 Å². The van der Waals surface area contributed by atoms with Crippen LogP contribution in [-0.2, 0) is 21.2 Å². The molecule has 1 amide bonds. The van der Waals surface area contributed by atoms with Crippen LogP contribution in [0.5, 0.6) is 17.5 Å². The molecular formula is C34H27N3O8S. The molecule has 0 saturated carbocycles. The van der Waals surface area contributed by atoms with E-state index in [0.29, 0.717) is 37.8 Å². The summed E-state index contributed by atoms with van der Waals surface area (Å²) in [5.74, 6) is -1.89. The third kappa shape index (κ3) is 5.69. The van der Waals surface area contributed by atoms with Gasteiger partial charge in [-0.15, -0.1) is 4.73 Å². The molecular weight excluding hydrogens is 610 g/mol. The number of aromatic nitrogens is 2. The van der Waals surface area contributed by atoms with Crippen molar-refractivity contribution in [2.75, 3.05) is 11.4 Å². The second-order valence-electron chi connectivity index (χ2n) is 10.2. The van der Waals surface area contributed by atoms with Crippen molar-refractivity contribution in [2.24, 2.45) is 0 Å². The van der Waals surface area contributed by atoms with Crippen molar-refractivity contribution in [1.82, 2.24) is 9.71 Å². The van der Waals surface area contributed by atoms with Crippen LogP contribution in [0.3, 0.4) is 0 Å². The average Bonchev–Trinajstić information content (AvgIpc) is 3.38. The third-order valence-corrected chi connectivity index (χ3v) is 9.09. The number of methoxy groups -OCH3 is 1. The van der Waals surface area contributed by atoms with E-state index in [2.05, 4.69) is 4.98 Å². The van der Waals surface area contributed by atoms with Crippen LogP contribution >= 0.6 is 0 Å². The molecule has 11 nitrogen and oxygen atoms in total. The molecule has 0 bridgehead atoms. The highest BCUT2D eigenvalue weighted by atomic mass is 32.2. The Bertz CT molecular complexity index is 2120. The molecule has 6 rings (SSSR count). The lowest BCUT2D eigenvalue weighted by atomic mass is 10.0. The molecule has 2 aromatic heterocycles. The zero-order valence-corrected chi connectivity index (χ0v) is 25.2. The van der Waals surface area contributed by atoms with Crippen LogP contribution in [0, 0.1) is 0 Å². The predicted molar refractivity (Wildman–Crippen MR) is 170 cm³/mol. The first-order valence-corrected chi connectivity index (χ1v) is 15.5. The number of benzene rings is 4. The van der Waals surface area contributed by atoms with Gasteiger partial charge in [0.1, 0.15) is 5.75 Å². The van der Waals surface area contributed by atoms with Gasteiger partial charge in [0.25, 0.3) is 15.9 Å². The molecule has 0 saturated heterocycles. The van der Waals surface area contributed by atoms with Gasteiger partial charge in [0.05, 0.1) is 40.7 Å². The fourth-order valence-electron chi connectivity index (χ4n) is 5.08. The van der Waals surface area contributed by atoms with Crippen molar-refractivity contribution in [3.05, 3.63) is 120 Å². The van der Waals surface area contributed by atoms with E-state index in [-0.39, 0.29) is 29.0 Å². The number of para-hydroxylation sites is 2. The zero-order chi connectivity index (χ0) is 32.4. The van der Waals surface area contributed by atoms with E-state index >= 15 is 0 Å². The largest absolute Gasteiger partial charge is 0.497 e. The number of hydrogen-bond acceptors (Lipinski definition) is 9. The molecule has 0 radical (unpaired) electrons. The van der Waals surface area contributed by atoms with E-state index in [1.807, 2.05) is 0 Å². The highest BCUT2D eigenvalue weighted by molar-refractivity contribution is 7.93. The summed E-state index contributed by atoms with van der Waals surface area (Å²) >= 11 is 0. The maximum atomic E-state index is 14.6. The van der Waals surface area contributed by atoms with Gasteiger partial charge in [0, 0.05) is 22.9 Å². The van der Waals surface area contributed by atoms with Gasteiger partial charge in [-0.2, -0.15) is 4.31 Å². The second kappa shape index (κ2) is 12.3. The number of nitrogens with zero attached hydrogens (tertiary/aromatic N) is 3. The van der Waals surface area contributed by atoms with E-state index in [9.17, 15) is 28.2 Å². The maximum absolute atomic E-state index is 14.6. The number of pyridine rings is 1. The van der Waals surface area contributed by atoms with Gasteiger partial charge in [-0.3, -0.25) is 4.79 Å². The summed E-state index contributed by atoms with van der Waals surface area (Å²) in [6, 6.07) is 28.4. The molecule has 0 aliphatic carbocycles. The van der Waals surface area contributed by atoms with Crippen molar-refractivity contribution in [2.45, 2.75) is 17.7 Å². The lowest BCUT2D eigenvalue weighted by molar-refractivity contribution is -0.145. The van der Waals surface area contributed by atoms with Crippen LogP contribution in [0.25, 0.3) is 21.8 Å². The van der Waals surface area contributed by atoms with Gasteiger partial charge in [-0.05, 0) is 60.5 Å². The molecule has 12 heteroatoms. The van der Waals surface area contributed by atoms with Crippen LogP contribution in [-0.4, -0.2) is 47.3 Å². The molecule has 0 spiro atoms. The summed E-state index contributed by atoms with van der Waals surface area (Å²) in [5.41, 5.74) is 2.00. The molecule has 4 aromatic carbocycles. The summed E-state index contributed by atoms with van der Waals surface area (Å²) in [6.45, 7) is 0. The number of fused-ring (bicyclic) bond motifs is 2. The number of carbonyl (C=O) groups is 2. The van der Waals surface area contributed by atoms with Gasteiger partial charge < -0.3 is 19.8 Å². The highest BCUT2D eigenvalue weighted by Gasteiger charge is 2.34. The van der Waals surface area contributed by atoms with E-state index in [1.54, 1.807) is 72.8 Å². The van der Waals surface area contributed by atoms with Crippen molar-refractivity contribution >= 4 is 49.4 Å². The fraction of sp³-hybridized carbons (Fsp3) is 0.0882. The molecule has 0 fully saturated rings. The Hall–Kier alpha value is -5.88. The minimum atomic E-state index is -4.48. The van der Waals surface area contributed by atoms with Crippen molar-refractivity contribution in [1.29, 1.82) is 0 Å². The molecule has 46 heavy (non-hydrogen) atoms.